The summed E-state index contributed by atoms with van der Waals surface area (Å²) in [5.74, 6) is 0. The van der Waals surface area contributed by atoms with Crippen LogP contribution in [0.3, 0.4) is 0 Å². The SMILES string of the molecule is C=CCOC[CH]COCC=C. The summed E-state index contributed by atoms with van der Waals surface area (Å²) in [7, 11) is 0. The molecule has 0 saturated carbocycles. The Bertz CT molecular complexity index is 87.7. The third kappa shape index (κ3) is 9.40. The molecule has 1 radical (unpaired) electrons. The van der Waals surface area contributed by atoms with Gasteiger partial charge in [0.15, 0.2) is 0 Å². The van der Waals surface area contributed by atoms with E-state index in [1.165, 1.54) is 0 Å². The zero-order chi connectivity index (χ0) is 8.36. The smallest absolute Gasteiger partial charge is 0.0644 e. The molecule has 0 fully saturated rings. The van der Waals surface area contributed by atoms with E-state index in [2.05, 4.69) is 13.2 Å². The fraction of sp³-hybridized carbons (Fsp3) is 0.444. The van der Waals surface area contributed by atoms with E-state index in [4.69, 9.17) is 9.47 Å². The van der Waals surface area contributed by atoms with Gasteiger partial charge in [0.05, 0.1) is 26.4 Å². The molecule has 0 N–H and O–H groups in total. The van der Waals surface area contributed by atoms with Crippen molar-refractivity contribution in [1.82, 2.24) is 0 Å². The standard InChI is InChI=1S/C9H15O2/c1-3-6-10-8-5-9-11-7-4-2/h3-5H,1-2,6-9H2. The second kappa shape index (κ2) is 9.40. The van der Waals surface area contributed by atoms with E-state index in [0.29, 0.717) is 26.4 Å². The van der Waals surface area contributed by atoms with E-state index in [9.17, 15) is 0 Å². The average Bonchev–Trinajstić information content (AvgIpc) is 2.03. The van der Waals surface area contributed by atoms with Crippen LogP contribution in [0.25, 0.3) is 0 Å². The van der Waals surface area contributed by atoms with Gasteiger partial charge < -0.3 is 9.47 Å². The Kier molecular flexibility index (Phi) is 8.89. The first-order valence-electron chi connectivity index (χ1n) is 3.60. The topological polar surface area (TPSA) is 18.5 Å². The summed E-state index contributed by atoms with van der Waals surface area (Å²) in [6, 6.07) is 0. The predicted octanol–water partition coefficient (Wildman–Crippen LogP) is 1.60. The summed E-state index contributed by atoms with van der Waals surface area (Å²) < 4.78 is 10.2. The van der Waals surface area contributed by atoms with Crippen molar-refractivity contribution < 1.29 is 9.47 Å². The lowest BCUT2D eigenvalue weighted by Crippen LogP contribution is -2.01. The van der Waals surface area contributed by atoms with Crippen LogP contribution in [0, 0.1) is 6.42 Å². The number of hydrogen-bond acceptors (Lipinski definition) is 2. The van der Waals surface area contributed by atoms with Gasteiger partial charge in [0.1, 0.15) is 0 Å². The van der Waals surface area contributed by atoms with Crippen LogP contribution in [-0.4, -0.2) is 26.4 Å². The number of ether oxygens (including phenoxy) is 2. The summed E-state index contributed by atoms with van der Waals surface area (Å²) in [5, 5.41) is 0. The van der Waals surface area contributed by atoms with Gasteiger partial charge in [-0.05, 0) is 0 Å². The van der Waals surface area contributed by atoms with E-state index < -0.39 is 0 Å². The van der Waals surface area contributed by atoms with Crippen molar-refractivity contribution >= 4 is 0 Å². The fourth-order valence-corrected chi connectivity index (χ4v) is 0.518. The average molecular weight is 155 g/mol. The highest BCUT2D eigenvalue weighted by Crippen LogP contribution is 1.83. The molecule has 0 unspecified atom stereocenters. The predicted molar refractivity (Wildman–Crippen MR) is 46.3 cm³/mol. The lowest BCUT2D eigenvalue weighted by Gasteiger charge is -2.00. The zero-order valence-corrected chi connectivity index (χ0v) is 6.79. The molecule has 0 aromatic carbocycles. The third-order valence-corrected chi connectivity index (χ3v) is 0.943. The fourth-order valence-electron chi connectivity index (χ4n) is 0.518. The van der Waals surface area contributed by atoms with Gasteiger partial charge in [-0.2, -0.15) is 0 Å². The summed E-state index contributed by atoms with van der Waals surface area (Å²) in [6.07, 6.45) is 5.36. The summed E-state index contributed by atoms with van der Waals surface area (Å²) in [5.41, 5.74) is 0. The molecule has 0 heterocycles. The molecule has 11 heavy (non-hydrogen) atoms. The lowest BCUT2D eigenvalue weighted by molar-refractivity contribution is 0.142. The van der Waals surface area contributed by atoms with Gasteiger partial charge in [-0.25, -0.2) is 0 Å². The summed E-state index contributed by atoms with van der Waals surface area (Å²) in [4.78, 5) is 0. The quantitative estimate of drug-likeness (QED) is 0.391. The van der Waals surface area contributed by atoms with Gasteiger partial charge in [0, 0.05) is 6.42 Å². The number of hydrogen-bond donors (Lipinski definition) is 0. The lowest BCUT2D eigenvalue weighted by atomic mass is 10.5. The second-order valence-electron chi connectivity index (χ2n) is 1.94. The molecular formula is C9H15O2. The number of rotatable bonds is 8. The normalized spacial score (nSPS) is 9.45. The monoisotopic (exact) mass is 155 g/mol. The molecule has 2 nitrogen and oxygen atoms in total. The van der Waals surface area contributed by atoms with Crippen molar-refractivity contribution in [2.75, 3.05) is 26.4 Å². The van der Waals surface area contributed by atoms with Crippen molar-refractivity contribution in [3.63, 3.8) is 0 Å². The largest absolute Gasteiger partial charge is 0.377 e. The minimum Gasteiger partial charge on any atom is -0.377 e. The van der Waals surface area contributed by atoms with Gasteiger partial charge >= 0.3 is 0 Å². The van der Waals surface area contributed by atoms with Gasteiger partial charge in [-0.3, -0.25) is 0 Å². The van der Waals surface area contributed by atoms with Crippen LogP contribution in [0.5, 0.6) is 0 Å². The Morgan fingerprint density at radius 2 is 1.27 bits per heavy atom. The van der Waals surface area contributed by atoms with Crippen molar-refractivity contribution in [3.05, 3.63) is 31.7 Å². The van der Waals surface area contributed by atoms with Crippen molar-refractivity contribution in [2.45, 2.75) is 0 Å². The van der Waals surface area contributed by atoms with E-state index >= 15 is 0 Å². The van der Waals surface area contributed by atoms with Crippen LogP contribution >= 0.6 is 0 Å². The first kappa shape index (κ1) is 10.4. The van der Waals surface area contributed by atoms with Crippen molar-refractivity contribution in [2.24, 2.45) is 0 Å². The molecule has 0 aromatic rings. The molecule has 0 amide bonds. The molecule has 0 aliphatic heterocycles. The molecular weight excluding hydrogens is 140 g/mol. The van der Waals surface area contributed by atoms with Crippen LogP contribution in [0.15, 0.2) is 25.3 Å². The van der Waals surface area contributed by atoms with Gasteiger partial charge in [-0.1, -0.05) is 12.2 Å². The zero-order valence-electron chi connectivity index (χ0n) is 6.79. The molecule has 2 heteroatoms. The van der Waals surface area contributed by atoms with Crippen LogP contribution in [0.4, 0.5) is 0 Å². The first-order valence-corrected chi connectivity index (χ1v) is 3.60. The minimum atomic E-state index is 0.595. The van der Waals surface area contributed by atoms with E-state index in [-0.39, 0.29) is 0 Å². The maximum Gasteiger partial charge on any atom is 0.0644 e. The molecule has 0 aliphatic carbocycles. The highest BCUT2D eigenvalue weighted by molar-refractivity contribution is 4.69. The molecule has 0 rings (SSSR count). The molecule has 0 saturated heterocycles. The minimum absolute atomic E-state index is 0.595. The van der Waals surface area contributed by atoms with E-state index in [0.717, 1.165) is 0 Å². The molecule has 63 valence electrons. The van der Waals surface area contributed by atoms with E-state index in [1.807, 2.05) is 6.42 Å². The second-order valence-corrected chi connectivity index (χ2v) is 1.94. The Morgan fingerprint density at radius 1 is 0.818 bits per heavy atom. The van der Waals surface area contributed by atoms with Crippen LogP contribution in [0.1, 0.15) is 0 Å². The Morgan fingerprint density at radius 3 is 1.64 bits per heavy atom. The Balaban J connectivity index is 2.79. The molecule has 0 atom stereocenters. The first-order chi connectivity index (χ1) is 5.41. The van der Waals surface area contributed by atoms with Gasteiger partial charge in [0.2, 0.25) is 0 Å². The summed E-state index contributed by atoms with van der Waals surface area (Å²) in [6.45, 7) is 9.47. The van der Waals surface area contributed by atoms with Crippen LogP contribution in [-0.2, 0) is 9.47 Å². The Labute approximate surface area is 68.5 Å². The maximum atomic E-state index is 5.08. The highest BCUT2D eigenvalue weighted by atomic mass is 16.5. The van der Waals surface area contributed by atoms with Crippen LogP contribution in [0.2, 0.25) is 0 Å². The third-order valence-electron chi connectivity index (χ3n) is 0.943. The highest BCUT2D eigenvalue weighted by Gasteiger charge is 1.86. The van der Waals surface area contributed by atoms with Crippen molar-refractivity contribution in [3.8, 4) is 0 Å². The van der Waals surface area contributed by atoms with Gasteiger partial charge in [0.25, 0.3) is 0 Å². The van der Waals surface area contributed by atoms with Crippen molar-refractivity contribution in [1.29, 1.82) is 0 Å². The molecule has 0 aromatic heterocycles. The summed E-state index contributed by atoms with van der Waals surface area (Å²) >= 11 is 0. The van der Waals surface area contributed by atoms with E-state index in [1.54, 1.807) is 12.2 Å². The Hall–Kier alpha value is -0.600. The molecule has 0 spiro atoms. The van der Waals surface area contributed by atoms with Crippen LogP contribution < -0.4 is 0 Å². The van der Waals surface area contributed by atoms with Gasteiger partial charge in [-0.15, -0.1) is 13.2 Å². The molecule has 0 aliphatic rings. The molecule has 0 bridgehead atoms. The maximum absolute atomic E-state index is 5.08.